The molecule has 1 aliphatic heterocycles. The van der Waals surface area contributed by atoms with E-state index >= 15 is 0 Å². The molecule has 0 atom stereocenters. The maximum Gasteiger partial charge on any atom is 0.416 e. The largest absolute Gasteiger partial charge is 0.416 e. The van der Waals surface area contributed by atoms with Gasteiger partial charge in [-0.3, -0.25) is 19.4 Å². The Morgan fingerprint density at radius 1 is 1.33 bits per heavy atom. The lowest BCUT2D eigenvalue weighted by Crippen LogP contribution is -2.45. The van der Waals surface area contributed by atoms with Gasteiger partial charge < -0.3 is 5.32 Å². The molecule has 2 aromatic rings. The minimum absolute atomic E-state index is 0.0472. The number of piperidine rings is 1. The number of amides is 1. The summed E-state index contributed by atoms with van der Waals surface area (Å²) in [7, 11) is 0. The zero-order valence-electron chi connectivity index (χ0n) is 16.8. The number of benzene rings is 1. The Morgan fingerprint density at radius 3 is 2.73 bits per heavy atom. The molecule has 2 heterocycles. The Labute approximate surface area is 178 Å². The van der Waals surface area contributed by atoms with Crippen molar-refractivity contribution in [1.82, 2.24) is 25.0 Å². The summed E-state index contributed by atoms with van der Waals surface area (Å²) >= 11 is 5.21. The fourth-order valence-corrected chi connectivity index (χ4v) is 3.90. The average molecular weight is 442 g/mol. The second kappa shape index (κ2) is 9.74. The Kier molecular flexibility index (Phi) is 7.30. The van der Waals surface area contributed by atoms with Crippen LogP contribution in [0.5, 0.6) is 0 Å². The number of aryl methyl sites for hydroxylation is 1. The van der Waals surface area contributed by atoms with Gasteiger partial charge in [0.2, 0.25) is 5.91 Å². The highest BCUT2D eigenvalue weighted by Gasteiger charge is 2.30. The number of aromatic amines is 1. The molecule has 0 spiro atoms. The average Bonchev–Trinajstić information content (AvgIpc) is 3.03. The molecule has 1 aliphatic rings. The highest BCUT2D eigenvalue weighted by molar-refractivity contribution is 7.71. The summed E-state index contributed by atoms with van der Waals surface area (Å²) < 4.78 is 40.8. The van der Waals surface area contributed by atoms with Crippen LogP contribution in [-0.2, 0) is 30.5 Å². The maximum atomic E-state index is 12.9. The number of halogens is 3. The molecule has 2 N–H and O–H groups in total. The molecule has 1 fully saturated rings. The van der Waals surface area contributed by atoms with Crippen molar-refractivity contribution in [1.29, 1.82) is 0 Å². The van der Waals surface area contributed by atoms with Gasteiger partial charge in [-0.15, -0.1) is 0 Å². The molecule has 0 bridgehead atoms. The van der Waals surface area contributed by atoms with Crippen molar-refractivity contribution in [2.45, 2.75) is 57.9 Å². The number of aromatic nitrogens is 3. The minimum atomic E-state index is -4.33. The lowest BCUT2D eigenvalue weighted by molar-refractivity contribution is -0.137. The predicted octanol–water partition coefficient (Wildman–Crippen LogP) is 3.69. The first-order chi connectivity index (χ1) is 14.3. The van der Waals surface area contributed by atoms with Crippen molar-refractivity contribution in [2.75, 3.05) is 13.1 Å². The molecule has 0 aliphatic carbocycles. The number of hydrogen-bond acceptors (Lipinski definition) is 4. The Morgan fingerprint density at radius 2 is 2.07 bits per heavy atom. The van der Waals surface area contributed by atoms with E-state index in [4.69, 9.17) is 12.2 Å². The number of carbonyl (C=O) groups is 1. The molecular formula is C20H26F3N5OS. The van der Waals surface area contributed by atoms with Crippen LogP contribution in [0.4, 0.5) is 13.2 Å². The van der Waals surface area contributed by atoms with Gasteiger partial charge in [-0.25, -0.2) is 0 Å². The summed E-state index contributed by atoms with van der Waals surface area (Å²) in [5.41, 5.74) is 0.0209. The van der Waals surface area contributed by atoms with Crippen LogP contribution >= 0.6 is 12.2 Å². The normalized spacial score (nSPS) is 16.0. The second-order valence-electron chi connectivity index (χ2n) is 7.60. The van der Waals surface area contributed by atoms with E-state index in [1.54, 1.807) is 10.6 Å². The number of alkyl halides is 3. The van der Waals surface area contributed by atoms with E-state index in [2.05, 4.69) is 20.4 Å². The monoisotopic (exact) mass is 441 g/mol. The highest BCUT2D eigenvalue weighted by atomic mass is 32.1. The predicted molar refractivity (Wildman–Crippen MR) is 109 cm³/mol. The van der Waals surface area contributed by atoms with Crippen molar-refractivity contribution in [2.24, 2.45) is 0 Å². The molecule has 6 nitrogen and oxygen atoms in total. The van der Waals surface area contributed by atoms with Crippen LogP contribution in [0, 0.1) is 4.77 Å². The fraction of sp³-hybridized carbons (Fsp3) is 0.550. The molecule has 0 unspecified atom stereocenters. The quantitative estimate of drug-likeness (QED) is 0.644. The molecule has 164 valence electrons. The van der Waals surface area contributed by atoms with Gasteiger partial charge in [0.1, 0.15) is 12.4 Å². The Bertz CT molecular complexity index is 916. The van der Waals surface area contributed by atoms with Gasteiger partial charge in [0.25, 0.3) is 0 Å². The molecule has 1 aromatic carbocycles. The number of hydrogen-bond donors (Lipinski definition) is 2. The number of carbonyl (C=O) groups excluding carboxylic acids is 1. The van der Waals surface area contributed by atoms with Crippen molar-refractivity contribution in [3.05, 3.63) is 46.0 Å². The minimum Gasteiger partial charge on any atom is -0.352 e. The molecule has 1 saturated heterocycles. The summed E-state index contributed by atoms with van der Waals surface area (Å²) in [4.78, 5) is 14.6. The van der Waals surface area contributed by atoms with Gasteiger partial charge in [0.05, 0.1) is 5.56 Å². The molecule has 30 heavy (non-hydrogen) atoms. The molecule has 3 rings (SSSR count). The Hall–Kier alpha value is -2.20. The van der Waals surface area contributed by atoms with E-state index in [9.17, 15) is 18.0 Å². The molecular weight excluding hydrogens is 415 g/mol. The van der Waals surface area contributed by atoms with E-state index in [0.717, 1.165) is 37.6 Å². The number of rotatable bonds is 7. The van der Waals surface area contributed by atoms with E-state index < -0.39 is 11.7 Å². The molecule has 10 heteroatoms. The van der Waals surface area contributed by atoms with E-state index in [1.807, 2.05) is 6.92 Å². The van der Waals surface area contributed by atoms with Crippen LogP contribution in [0.2, 0.25) is 0 Å². The lowest BCUT2D eigenvalue weighted by Gasteiger charge is -2.32. The van der Waals surface area contributed by atoms with Crippen molar-refractivity contribution >= 4 is 18.1 Å². The van der Waals surface area contributed by atoms with Crippen LogP contribution in [0.3, 0.4) is 0 Å². The number of H-pyrrole nitrogens is 1. The summed E-state index contributed by atoms with van der Waals surface area (Å²) in [5, 5.41) is 9.94. The number of likely N-dealkylation sites (tertiary alicyclic amines) is 1. The van der Waals surface area contributed by atoms with Gasteiger partial charge in [-0.05, 0) is 43.1 Å². The first-order valence-electron chi connectivity index (χ1n) is 10.1. The van der Waals surface area contributed by atoms with Crippen LogP contribution in [0.25, 0.3) is 0 Å². The van der Waals surface area contributed by atoms with E-state index in [-0.39, 0.29) is 18.5 Å². The number of nitrogens with zero attached hydrogens (tertiary/aromatic N) is 3. The zero-order valence-corrected chi connectivity index (χ0v) is 17.7. The van der Waals surface area contributed by atoms with Gasteiger partial charge >= 0.3 is 6.18 Å². The van der Waals surface area contributed by atoms with Gasteiger partial charge in [-0.1, -0.05) is 25.1 Å². The third kappa shape index (κ3) is 5.91. The topological polar surface area (TPSA) is 66.0 Å². The lowest BCUT2D eigenvalue weighted by atomic mass is 10.0. The standard InChI is InChI=1S/C20H26F3N5OS/c1-2-4-17-25-26-19(30)28(17)13-18(29)24-16-7-9-27(10-8-16)12-14-5-3-6-15(11-14)20(21,22)23/h3,5-6,11,16H,2,4,7-10,12-13H2,1H3,(H,24,29)(H,26,30). The molecule has 0 radical (unpaired) electrons. The van der Waals surface area contributed by atoms with Crippen LogP contribution < -0.4 is 5.32 Å². The van der Waals surface area contributed by atoms with Crippen molar-refractivity contribution in [3.63, 3.8) is 0 Å². The first kappa shape index (κ1) is 22.5. The van der Waals surface area contributed by atoms with Gasteiger partial charge in [0, 0.05) is 32.1 Å². The smallest absolute Gasteiger partial charge is 0.352 e. The summed E-state index contributed by atoms with van der Waals surface area (Å²) in [6.07, 6.45) is -1.17. The van der Waals surface area contributed by atoms with E-state index in [1.165, 1.54) is 12.1 Å². The fourth-order valence-electron chi connectivity index (χ4n) is 3.68. The van der Waals surface area contributed by atoms with Crippen LogP contribution in [-0.4, -0.2) is 44.7 Å². The SMILES string of the molecule is CCCc1n[nH]c(=S)n1CC(=O)NC1CCN(Cc2cccc(C(F)(F)F)c2)CC1. The van der Waals surface area contributed by atoms with Gasteiger partial charge in [0.15, 0.2) is 4.77 Å². The highest BCUT2D eigenvalue weighted by Crippen LogP contribution is 2.30. The molecule has 1 aromatic heterocycles. The number of nitrogens with one attached hydrogen (secondary N) is 2. The summed E-state index contributed by atoms with van der Waals surface area (Å²) in [6.45, 7) is 4.07. The first-order valence-corrected chi connectivity index (χ1v) is 10.5. The maximum absolute atomic E-state index is 12.9. The summed E-state index contributed by atoms with van der Waals surface area (Å²) in [5.74, 6) is 0.662. The van der Waals surface area contributed by atoms with Gasteiger partial charge in [-0.2, -0.15) is 18.3 Å². The van der Waals surface area contributed by atoms with Crippen LogP contribution in [0.15, 0.2) is 24.3 Å². The summed E-state index contributed by atoms with van der Waals surface area (Å²) in [6, 6.07) is 5.50. The van der Waals surface area contributed by atoms with E-state index in [0.29, 0.717) is 30.0 Å². The molecule has 0 saturated carbocycles. The third-order valence-electron chi connectivity index (χ3n) is 5.23. The Balaban J connectivity index is 1.49. The third-order valence-corrected chi connectivity index (χ3v) is 5.54. The molecule has 1 amide bonds. The van der Waals surface area contributed by atoms with Crippen LogP contribution in [0.1, 0.15) is 43.1 Å². The second-order valence-corrected chi connectivity index (χ2v) is 7.98. The van der Waals surface area contributed by atoms with Crippen molar-refractivity contribution < 1.29 is 18.0 Å². The van der Waals surface area contributed by atoms with Crippen molar-refractivity contribution in [3.8, 4) is 0 Å². The zero-order chi connectivity index (χ0) is 21.7.